The summed E-state index contributed by atoms with van der Waals surface area (Å²) in [4.78, 5) is 6.73. The zero-order valence-corrected chi connectivity index (χ0v) is 21.7. The fourth-order valence-corrected chi connectivity index (χ4v) is 5.82. The molecule has 7 rings (SSSR count). The molecule has 1 aliphatic carbocycles. The van der Waals surface area contributed by atoms with Gasteiger partial charge in [-0.2, -0.15) is 13.2 Å². The van der Waals surface area contributed by atoms with E-state index in [1.54, 1.807) is 41.9 Å². The molecule has 2 aromatic heterocycles. The molecule has 1 saturated carbocycles. The predicted octanol–water partition coefficient (Wildman–Crippen LogP) is 7.10. The minimum atomic E-state index is -4.59. The highest BCUT2D eigenvalue weighted by atomic mass is 19.4. The number of aromatic nitrogens is 4. The summed E-state index contributed by atoms with van der Waals surface area (Å²) in [5, 5.41) is 8.02. The van der Waals surface area contributed by atoms with Crippen LogP contribution in [-0.4, -0.2) is 37.7 Å². The number of nitrogens with zero attached hydrogens (tertiary/aromatic N) is 5. The van der Waals surface area contributed by atoms with Crippen molar-refractivity contribution in [2.45, 2.75) is 32.0 Å². The summed E-state index contributed by atoms with van der Waals surface area (Å²) in [6, 6.07) is 14.4. The van der Waals surface area contributed by atoms with Crippen molar-refractivity contribution in [2.75, 3.05) is 13.1 Å². The van der Waals surface area contributed by atoms with E-state index in [0.717, 1.165) is 19.5 Å². The van der Waals surface area contributed by atoms with E-state index in [-0.39, 0.29) is 17.0 Å². The van der Waals surface area contributed by atoms with E-state index in [1.165, 1.54) is 37.4 Å². The molecule has 40 heavy (non-hydrogen) atoms. The SMILES string of the molecule is Cn1cnnc1-c1cc(F)ccc1-c1cccc(-c2nc3cc(CN4CCC5(CC5)C4)cc(C(F)(F)F)c3o2)c1. The Morgan fingerprint density at radius 3 is 2.52 bits per heavy atom. The molecular formula is C30H25F4N5O. The lowest BCUT2D eigenvalue weighted by Gasteiger charge is -2.17. The fraction of sp³-hybridized carbons (Fsp3) is 0.300. The number of hydrogen-bond donors (Lipinski definition) is 0. The largest absolute Gasteiger partial charge is 0.435 e. The number of oxazole rings is 1. The van der Waals surface area contributed by atoms with Crippen molar-refractivity contribution in [2.24, 2.45) is 12.5 Å². The van der Waals surface area contributed by atoms with Gasteiger partial charge in [0.15, 0.2) is 11.4 Å². The minimum absolute atomic E-state index is 0.0833. The number of rotatable bonds is 5. The predicted molar refractivity (Wildman–Crippen MR) is 141 cm³/mol. The number of fused-ring (bicyclic) bond motifs is 1. The molecule has 6 nitrogen and oxygen atoms in total. The van der Waals surface area contributed by atoms with Crippen LogP contribution in [0, 0.1) is 11.2 Å². The summed E-state index contributed by atoms with van der Waals surface area (Å²) in [5.74, 6) is 0.142. The molecule has 0 radical (unpaired) electrons. The summed E-state index contributed by atoms with van der Waals surface area (Å²) >= 11 is 0. The third-order valence-electron chi connectivity index (χ3n) is 8.09. The lowest BCUT2D eigenvalue weighted by atomic mass is 9.97. The van der Waals surface area contributed by atoms with Crippen LogP contribution in [0.4, 0.5) is 17.6 Å². The van der Waals surface area contributed by atoms with E-state index < -0.39 is 17.6 Å². The standard InChI is InChI=1S/C30H25F4N5O/c1-38-17-35-37-27(38)23-14-21(31)5-6-22(23)19-3-2-4-20(13-19)28-36-25-12-18(11-24(26(25)40-28)30(32,33)34)15-39-10-9-29(16-39)7-8-29/h2-6,11-14,17H,7-10,15-16H2,1H3. The second-order valence-electron chi connectivity index (χ2n) is 11.0. The average Bonchev–Trinajstić information content (AvgIpc) is 3.21. The highest BCUT2D eigenvalue weighted by molar-refractivity contribution is 5.84. The Kier molecular flexibility index (Phi) is 5.61. The summed E-state index contributed by atoms with van der Waals surface area (Å²) in [7, 11) is 1.76. The second-order valence-corrected chi connectivity index (χ2v) is 11.0. The summed E-state index contributed by atoms with van der Waals surface area (Å²) in [5.41, 5.74) is 2.47. The molecule has 204 valence electrons. The lowest BCUT2D eigenvalue weighted by Crippen LogP contribution is -2.20. The van der Waals surface area contributed by atoms with Crippen LogP contribution < -0.4 is 0 Å². The number of alkyl halides is 3. The lowest BCUT2D eigenvalue weighted by molar-refractivity contribution is -0.136. The van der Waals surface area contributed by atoms with Gasteiger partial charge in [-0.1, -0.05) is 18.2 Å². The number of benzene rings is 3. The molecule has 5 aromatic rings. The van der Waals surface area contributed by atoms with Crippen LogP contribution in [0.2, 0.25) is 0 Å². The maximum atomic E-state index is 14.2. The van der Waals surface area contributed by atoms with Crippen LogP contribution >= 0.6 is 0 Å². The van der Waals surface area contributed by atoms with E-state index in [1.807, 2.05) is 6.07 Å². The first-order valence-corrected chi connectivity index (χ1v) is 13.2. The van der Waals surface area contributed by atoms with Gasteiger partial charge >= 0.3 is 6.18 Å². The number of hydrogen-bond acceptors (Lipinski definition) is 5. The number of likely N-dealkylation sites (tertiary alicyclic amines) is 1. The molecule has 0 unspecified atom stereocenters. The molecule has 10 heteroatoms. The van der Waals surface area contributed by atoms with E-state index >= 15 is 0 Å². The van der Waals surface area contributed by atoms with Gasteiger partial charge in [-0.25, -0.2) is 9.37 Å². The van der Waals surface area contributed by atoms with Gasteiger partial charge in [0.1, 0.15) is 23.2 Å². The molecule has 0 amide bonds. The highest BCUT2D eigenvalue weighted by Gasteiger charge is 2.47. The first kappa shape index (κ1) is 25.0. The quantitative estimate of drug-likeness (QED) is 0.220. The molecule has 2 aliphatic rings. The number of halogens is 4. The molecule has 2 fully saturated rings. The Hall–Kier alpha value is -4.05. The van der Waals surface area contributed by atoms with Gasteiger partial charge in [0.25, 0.3) is 0 Å². The van der Waals surface area contributed by atoms with Crippen LogP contribution in [0.3, 0.4) is 0 Å². The molecule has 1 saturated heterocycles. The molecule has 0 bridgehead atoms. The van der Waals surface area contributed by atoms with E-state index in [0.29, 0.717) is 45.6 Å². The van der Waals surface area contributed by atoms with Gasteiger partial charge in [0.2, 0.25) is 5.89 Å². The Morgan fingerprint density at radius 1 is 0.975 bits per heavy atom. The minimum Gasteiger partial charge on any atom is -0.435 e. The van der Waals surface area contributed by atoms with Crippen LogP contribution in [-0.2, 0) is 19.8 Å². The van der Waals surface area contributed by atoms with Gasteiger partial charge in [-0.05, 0) is 84.3 Å². The zero-order chi connectivity index (χ0) is 27.6. The first-order valence-electron chi connectivity index (χ1n) is 13.2. The first-order chi connectivity index (χ1) is 19.2. The smallest absolute Gasteiger partial charge is 0.420 e. The average molecular weight is 548 g/mol. The molecular weight excluding hydrogens is 522 g/mol. The van der Waals surface area contributed by atoms with Crippen molar-refractivity contribution in [3.05, 3.63) is 77.9 Å². The normalized spacial score (nSPS) is 16.8. The molecule has 0 atom stereocenters. The Labute approximate surface area is 227 Å². The van der Waals surface area contributed by atoms with E-state index in [4.69, 9.17) is 4.42 Å². The van der Waals surface area contributed by atoms with Crippen LogP contribution in [0.1, 0.15) is 30.4 Å². The second kappa shape index (κ2) is 8.99. The van der Waals surface area contributed by atoms with Gasteiger partial charge in [-0.15, -0.1) is 10.2 Å². The summed E-state index contributed by atoms with van der Waals surface area (Å²) < 4.78 is 64.1. The fourth-order valence-electron chi connectivity index (χ4n) is 5.82. The summed E-state index contributed by atoms with van der Waals surface area (Å²) in [6.45, 7) is 2.28. The van der Waals surface area contributed by atoms with E-state index in [9.17, 15) is 17.6 Å². The number of aryl methyl sites for hydroxylation is 1. The van der Waals surface area contributed by atoms with Crippen molar-refractivity contribution in [1.29, 1.82) is 0 Å². The van der Waals surface area contributed by atoms with Crippen molar-refractivity contribution in [3.8, 4) is 34.0 Å². The van der Waals surface area contributed by atoms with Crippen molar-refractivity contribution in [3.63, 3.8) is 0 Å². The molecule has 0 N–H and O–H groups in total. The third kappa shape index (κ3) is 4.46. The van der Waals surface area contributed by atoms with Gasteiger partial charge in [0.05, 0.1) is 0 Å². The Bertz CT molecular complexity index is 1750. The highest BCUT2D eigenvalue weighted by Crippen LogP contribution is 2.53. The molecule has 1 aliphatic heterocycles. The van der Waals surface area contributed by atoms with Crippen molar-refractivity contribution >= 4 is 11.1 Å². The van der Waals surface area contributed by atoms with Crippen LogP contribution in [0.25, 0.3) is 45.1 Å². The van der Waals surface area contributed by atoms with Gasteiger partial charge in [0, 0.05) is 31.3 Å². The third-order valence-corrected chi connectivity index (χ3v) is 8.09. The van der Waals surface area contributed by atoms with Gasteiger partial charge in [-0.3, -0.25) is 4.90 Å². The van der Waals surface area contributed by atoms with E-state index in [2.05, 4.69) is 20.1 Å². The summed E-state index contributed by atoms with van der Waals surface area (Å²) in [6.07, 6.45) is 0.464. The van der Waals surface area contributed by atoms with Gasteiger partial charge < -0.3 is 8.98 Å². The molecule has 3 heterocycles. The van der Waals surface area contributed by atoms with Crippen LogP contribution in [0.15, 0.2) is 65.3 Å². The molecule has 3 aromatic carbocycles. The zero-order valence-electron chi connectivity index (χ0n) is 21.7. The van der Waals surface area contributed by atoms with Crippen molar-refractivity contribution < 1.29 is 22.0 Å². The Balaban J connectivity index is 1.28. The maximum Gasteiger partial charge on any atom is 0.420 e. The molecule has 1 spiro atoms. The van der Waals surface area contributed by atoms with Crippen LogP contribution in [0.5, 0.6) is 0 Å². The van der Waals surface area contributed by atoms with Crippen molar-refractivity contribution in [1.82, 2.24) is 24.6 Å². The maximum absolute atomic E-state index is 14.2. The monoisotopic (exact) mass is 547 g/mol. The topological polar surface area (TPSA) is 60.0 Å². The Morgan fingerprint density at radius 2 is 1.80 bits per heavy atom.